The molecule has 0 aliphatic carbocycles. The van der Waals surface area contributed by atoms with Crippen molar-refractivity contribution < 1.29 is 19.1 Å². The highest BCUT2D eigenvalue weighted by Gasteiger charge is 2.21. The van der Waals surface area contributed by atoms with Gasteiger partial charge in [0.05, 0.1) is 0 Å². The van der Waals surface area contributed by atoms with Crippen molar-refractivity contribution in [2.45, 2.75) is 0 Å². The molecule has 0 saturated heterocycles. The van der Waals surface area contributed by atoms with Gasteiger partial charge in [-0.25, -0.2) is 14.2 Å². The summed E-state index contributed by atoms with van der Waals surface area (Å²) in [4.78, 5) is 19.1. The summed E-state index contributed by atoms with van der Waals surface area (Å²) in [7, 11) is 0. The third kappa shape index (κ3) is 3.14. The van der Waals surface area contributed by atoms with E-state index in [-0.39, 0.29) is 17.4 Å². The van der Waals surface area contributed by atoms with Gasteiger partial charge in [0.25, 0.3) is 0 Å². The Morgan fingerprint density at radius 3 is 2.88 bits per heavy atom. The largest absolute Gasteiger partial charge is 0.476 e. The number of oxime groups is 1. The lowest BCUT2D eigenvalue weighted by Crippen LogP contribution is -2.16. The quantitative estimate of drug-likeness (QED) is 0.484. The van der Waals surface area contributed by atoms with Gasteiger partial charge in [-0.05, 0) is 15.9 Å². The fourth-order valence-electron chi connectivity index (χ4n) is 0.791. The van der Waals surface area contributed by atoms with Gasteiger partial charge < -0.3 is 15.7 Å². The molecule has 0 atom stereocenters. The molecule has 0 radical (unpaired) electrons. The lowest BCUT2D eigenvalue weighted by Gasteiger charge is -1.98. The van der Waals surface area contributed by atoms with Crippen molar-refractivity contribution in [3.8, 4) is 0 Å². The third-order valence-electron chi connectivity index (χ3n) is 1.35. The second-order valence-electron chi connectivity index (χ2n) is 2.44. The number of nitrogens with two attached hydrogens (primary N) is 1. The number of hydrogen-bond donors (Lipinski definition) is 2. The van der Waals surface area contributed by atoms with Crippen molar-refractivity contribution in [3.05, 3.63) is 9.48 Å². The van der Waals surface area contributed by atoms with Gasteiger partial charge >= 0.3 is 5.97 Å². The van der Waals surface area contributed by atoms with Crippen LogP contribution in [0.25, 0.3) is 0 Å². The number of rotatable bonds is 5. The number of halogens is 2. The number of nitrogen functional groups attached to an aromatic ring is 1. The number of anilines is 1. The number of aliphatic carboxylic acids is 1. The fourth-order valence-corrected chi connectivity index (χ4v) is 2.12. The van der Waals surface area contributed by atoms with Crippen molar-refractivity contribution in [3.63, 3.8) is 0 Å². The summed E-state index contributed by atoms with van der Waals surface area (Å²) in [6, 6.07) is 0. The molecule has 0 amide bonds. The van der Waals surface area contributed by atoms with Crippen LogP contribution in [0.1, 0.15) is 5.69 Å². The van der Waals surface area contributed by atoms with Crippen LogP contribution < -0.4 is 5.73 Å². The molecule has 1 aromatic heterocycles. The van der Waals surface area contributed by atoms with Crippen molar-refractivity contribution >= 4 is 44.1 Å². The zero-order valence-electron chi connectivity index (χ0n) is 7.81. The van der Waals surface area contributed by atoms with Crippen molar-refractivity contribution in [1.82, 2.24) is 4.98 Å². The van der Waals surface area contributed by atoms with E-state index >= 15 is 0 Å². The average molecular weight is 312 g/mol. The van der Waals surface area contributed by atoms with E-state index in [1.54, 1.807) is 0 Å². The summed E-state index contributed by atoms with van der Waals surface area (Å²) >= 11 is 4.16. The van der Waals surface area contributed by atoms with E-state index in [0.29, 0.717) is 3.79 Å². The number of aromatic nitrogens is 1. The van der Waals surface area contributed by atoms with Crippen LogP contribution in [0.3, 0.4) is 0 Å². The van der Waals surface area contributed by atoms with Crippen LogP contribution in [0.5, 0.6) is 0 Å². The Hall–Kier alpha value is -1.22. The van der Waals surface area contributed by atoms with E-state index in [1.807, 2.05) is 0 Å². The van der Waals surface area contributed by atoms with E-state index in [0.717, 1.165) is 11.3 Å². The topological polar surface area (TPSA) is 97.8 Å². The molecule has 0 aliphatic rings. The highest BCUT2D eigenvalue weighted by atomic mass is 79.9. The highest BCUT2D eigenvalue weighted by molar-refractivity contribution is 9.11. The van der Waals surface area contributed by atoms with E-state index in [9.17, 15) is 9.18 Å². The predicted octanol–water partition coefficient (Wildman–Crippen LogP) is 1.26. The maximum atomic E-state index is 11.7. The molecule has 0 bridgehead atoms. The first-order valence-corrected chi connectivity index (χ1v) is 5.58. The van der Waals surface area contributed by atoms with E-state index < -0.39 is 18.4 Å². The first kappa shape index (κ1) is 12.8. The second-order valence-corrected chi connectivity index (χ2v) is 4.79. The van der Waals surface area contributed by atoms with Gasteiger partial charge in [-0.2, -0.15) is 0 Å². The predicted molar refractivity (Wildman–Crippen MR) is 60.3 cm³/mol. The minimum atomic E-state index is -1.33. The molecule has 0 aliphatic heterocycles. The SMILES string of the molecule is Nc1nc(C(=NOCCF)C(=O)O)c(Br)s1. The summed E-state index contributed by atoms with van der Waals surface area (Å²) in [5, 5.41) is 12.3. The number of alkyl halides is 1. The van der Waals surface area contributed by atoms with Crippen LogP contribution in [0, 0.1) is 0 Å². The third-order valence-corrected chi connectivity index (χ3v) is 2.89. The normalized spacial score (nSPS) is 11.5. The molecular formula is C7H7BrFN3O3S. The van der Waals surface area contributed by atoms with Crippen molar-refractivity contribution in [2.24, 2.45) is 5.16 Å². The summed E-state index contributed by atoms with van der Waals surface area (Å²) < 4.78 is 12.2. The molecule has 88 valence electrons. The lowest BCUT2D eigenvalue weighted by atomic mass is 10.3. The van der Waals surface area contributed by atoms with Crippen LogP contribution in [-0.2, 0) is 9.63 Å². The highest BCUT2D eigenvalue weighted by Crippen LogP contribution is 2.27. The van der Waals surface area contributed by atoms with Gasteiger partial charge in [-0.3, -0.25) is 0 Å². The molecular weight excluding hydrogens is 305 g/mol. The molecule has 0 saturated carbocycles. The average Bonchev–Trinajstić information content (AvgIpc) is 2.52. The molecule has 6 nitrogen and oxygen atoms in total. The maximum absolute atomic E-state index is 11.7. The second kappa shape index (κ2) is 5.75. The van der Waals surface area contributed by atoms with E-state index in [1.165, 1.54) is 0 Å². The minimum absolute atomic E-state index is 0.0638. The molecule has 0 spiro atoms. The molecule has 0 unspecified atom stereocenters. The maximum Gasteiger partial charge on any atom is 0.360 e. The van der Waals surface area contributed by atoms with Crippen molar-refractivity contribution in [1.29, 1.82) is 0 Å². The van der Waals surface area contributed by atoms with Gasteiger partial charge in [0, 0.05) is 0 Å². The molecule has 9 heteroatoms. The Morgan fingerprint density at radius 1 is 1.75 bits per heavy atom. The Labute approximate surface area is 102 Å². The standard InChI is InChI=1S/C7H7BrFN3O3S/c8-5-3(11-7(10)16-5)4(6(13)14)12-15-2-1-9/h1-2H2,(H2,10,11)(H,13,14). The number of hydrogen-bond acceptors (Lipinski definition) is 6. The molecule has 0 aromatic carbocycles. The summed E-state index contributed by atoms with van der Waals surface area (Å²) in [6.45, 7) is -1.06. The Kier molecular flexibility index (Phi) is 4.62. The summed E-state index contributed by atoms with van der Waals surface area (Å²) in [5.41, 5.74) is 5.04. The number of carboxylic acid groups (broad SMARTS) is 1. The summed E-state index contributed by atoms with van der Waals surface area (Å²) in [6.07, 6.45) is 0. The molecule has 16 heavy (non-hydrogen) atoms. The van der Waals surface area contributed by atoms with Gasteiger partial charge in [-0.1, -0.05) is 16.5 Å². The molecule has 1 aromatic rings. The van der Waals surface area contributed by atoms with Crippen LogP contribution >= 0.6 is 27.3 Å². The van der Waals surface area contributed by atoms with Gasteiger partial charge in [0.2, 0.25) is 5.71 Å². The molecule has 1 rings (SSSR count). The smallest absolute Gasteiger partial charge is 0.360 e. The number of thiazole rings is 1. The molecule has 3 N–H and O–H groups in total. The number of carbonyl (C=O) groups is 1. The van der Waals surface area contributed by atoms with Crippen LogP contribution in [0.15, 0.2) is 8.94 Å². The molecule has 1 heterocycles. The zero-order chi connectivity index (χ0) is 12.1. The van der Waals surface area contributed by atoms with Crippen LogP contribution in [0.2, 0.25) is 0 Å². The monoisotopic (exact) mass is 311 g/mol. The minimum Gasteiger partial charge on any atom is -0.476 e. The summed E-state index contributed by atoms with van der Waals surface area (Å²) in [5.74, 6) is -1.33. The number of nitrogens with zero attached hydrogens (tertiary/aromatic N) is 2. The van der Waals surface area contributed by atoms with E-state index in [4.69, 9.17) is 10.8 Å². The Bertz CT molecular complexity index is 423. The van der Waals surface area contributed by atoms with Crippen molar-refractivity contribution in [2.75, 3.05) is 19.0 Å². The fraction of sp³-hybridized carbons (Fsp3) is 0.286. The Balaban J connectivity index is 2.98. The van der Waals surface area contributed by atoms with Crippen LogP contribution in [-0.4, -0.2) is 35.1 Å². The lowest BCUT2D eigenvalue weighted by molar-refractivity contribution is -0.129. The van der Waals surface area contributed by atoms with E-state index in [2.05, 4.69) is 30.9 Å². The first-order chi connectivity index (χ1) is 7.56. The zero-order valence-corrected chi connectivity index (χ0v) is 10.2. The first-order valence-electron chi connectivity index (χ1n) is 3.97. The Morgan fingerprint density at radius 2 is 2.44 bits per heavy atom. The van der Waals surface area contributed by atoms with Gasteiger partial charge in [0.15, 0.2) is 5.13 Å². The number of carboxylic acids is 1. The van der Waals surface area contributed by atoms with Gasteiger partial charge in [-0.15, -0.1) is 0 Å². The molecule has 0 fully saturated rings. The van der Waals surface area contributed by atoms with Gasteiger partial charge in [0.1, 0.15) is 22.8 Å². The van der Waals surface area contributed by atoms with Crippen LogP contribution in [0.4, 0.5) is 9.52 Å².